The molecule has 29 heteroatoms. The number of H-pyrrole nitrogens is 3. The van der Waals surface area contributed by atoms with Crippen molar-refractivity contribution in [3.63, 3.8) is 0 Å². The van der Waals surface area contributed by atoms with Crippen LogP contribution in [0.3, 0.4) is 0 Å². The minimum absolute atomic E-state index is 0.0330. The second kappa shape index (κ2) is 34.4. The van der Waals surface area contributed by atoms with E-state index in [2.05, 4.69) is 85.7 Å². The van der Waals surface area contributed by atoms with Gasteiger partial charge in [0.25, 0.3) is 0 Å². The monoisotopic (exact) mass is 1370 g/mol. The van der Waals surface area contributed by atoms with Crippen molar-refractivity contribution in [2.45, 2.75) is 125 Å². The van der Waals surface area contributed by atoms with Crippen LogP contribution in [0.15, 0.2) is 109 Å². The number of hydrogen-bond donors (Lipinski definition) is 13. The number of nitrogens with zero attached hydrogens (tertiary/aromatic N) is 3. The van der Waals surface area contributed by atoms with E-state index in [4.69, 9.17) is 5.73 Å². The van der Waals surface area contributed by atoms with E-state index < -0.39 is 102 Å². The molecule has 2 bridgehead atoms. The molecule has 1 fully saturated rings. The number of amidine groups is 1. The highest BCUT2D eigenvalue weighted by atomic mass is 32.2. The van der Waals surface area contributed by atoms with Crippen molar-refractivity contribution in [3.8, 4) is 5.75 Å². The number of hydrogen-bond acceptors (Lipinski definition) is 14. The van der Waals surface area contributed by atoms with Crippen LogP contribution in [-0.4, -0.2) is 169 Å². The van der Waals surface area contributed by atoms with Crippen LogP contribution in [0.25, 0.3) is 21.8 Å². The van der Waals surface area contributed by atoms with Gasteiger partial charge in [0.05, 0.1) is 30.6 Å². The van der Waals surface area contributed by atoms with Crippen LogP contribution >= 0.6 is 23.5 Å². The maximum atomic E-state index is 15.2. The summed E-state index contributed by atoms with van der Waals surface area (Å²) in [6, 6.07) is 13.5. The van der Waals surface area contributed by atoms with Gasteiger partial charge in [0.15, 0.2) is 0 Å². The van der Waals surface area contributed by atoms with E-state index >= 15 is 4.79 Å². The fraction of sp³-hybridized carbons (Fsp3) is 0.397. The van der Waals surface area contributed by atoms with Gasteiger partial charge in [0.2, 0.25) is 53.7 Å². The number of phenolic OH excluding ortho intramolecular Hbond substituents is 1. The molecular weight excluding hydrogens is 1290 g/mol. The maximum absolute atomic E-state index is 15.2. The second-order valence-corrected chi connectivity index (χ2v) is 26.5. The number of nitrogens with two attached hydrogens (primary N) is 1. The van der Waals surface area contributed by atoms with Gasteiger partial charge in [-0.3, -0.25) is 43.2 Å². The standard InChI is InChI=1S/C68H81F2N15O10S2/c1-40-22-42-24-43(23-40)37-97-21-18-73-67(79-39-86)68(2)16-5-19-85(68)66(95)58(25-41-7-11-49(87)12-8-41)84-65(94)57(30-48-33-72-38-78-48)82-61(90)35-77-63(92)55(26-44-31-74-52-13-9-46(69)28-50(44)52)83-64(93)56(27-45-32-75-53-14-10-47(70)29-51(45)53)81-60(89)34-76-62(91)54(6-3-4-17-71)80-59(88)15-20-96-36-42/h7-14,22-24,28-29,31-33,38-39,54-58,74-75,87H,3-6,15-21,25-27,30,34-37,71H2,1-2H3,(H,72,78)(H,76,91)(H,77,92)(H,80,88)(H,81,89)(H,82,90)(H,83,93)(H,84,94)(H,73,79,86)/t54-,55-,56-,57-,58-,68-/m0/s1. The summed E-state index contributed by atoms with van der Waals surface area (Å²) in [5.41, 5.74) is 10.5. The predicted octanol–water partition coefficient (Wildman–Crippen LogP) is 3.82. The van der Waals surface area contributed by atoms with Crippen molar-refractivity contribution in [2.24, 2.45) is 10.7 Å². The van der Waals surface area contributed by atoms with Crippen molar-refractivity contribution in [2.75, 3.05) is 44.2 Å². The van der Waals surface area contributed by atoms with Crippen LogP contribution in [0.4, 0.5) is 8.78 Å². The third kappa shape index (κ3) is 20.0. The van der Waals surface area contributed by atoms with Crippen molar-refractivity contribution in [3.05, 3.63) is 154 Å². The number of imidazole rings is 1. The molecule has 3 aromatic heterocycles. The number of aromatic amines is 3. The van der Waals surface area contributed by atoms with Gasteiger partial charge in [-0.2, -0.15) is 23.5 Å². The van der Waals surface area contributed by atoms with Crippen molar-refractivity contribution >= 4 is 105 Å². The van der Waals surface area contributed by atoms with Crippen LogP contribution in [0.2, 0.25) is 0 Å². The van der Waals surface area contributed by atoms with Crippen LogP contribution < -0.4 is 48.3 Å². The number of aryl methyl sites for hydroxylation is 1. The SMILES string of the molecule is Cc1cc2cc(c1)CSCCC(=O)N[C@@H](CCCCN)C(=O)NCC(=O)N[C@@H](Cc1c[nH]c3ccc(F)cc13)C(=O)N[C@@H](Cc1c[nH]c3ccc(F)cc13)C(=O)NCC(=O)N[C@@H](Cc1c[nH]cn1)C(=O)N[C@@H](Cc1ccc(O)cc1)C(=O)N1CCC[C@@]1(C)/C(=N/C=O)NCCSC2. The zero-order valence-electron chi connectivity index (χ0n) is 53.8. The van der Waals surface area contributed by atoms with E-state index in [-0.39, 0.29) is 62.6 Å². The Kier molecular flexibility index (Phi) is 25.4. The third-order valence-corrected chi connectivity index (χ3v) is 19.1. The molecule has 2 aliphatic rings. The minimum atomic E-state index is -1.56. The summed E-state index contributed by atoms with van der Waals surface area (Å²) in [4.78, 5) is 147. The Balaban J connectivity index is 1.02. The molecule has 25 nitrogen and oxygen atoms in total. The van der Waals surface area contributed by atoms with E-state index in [1.54, 1.807) is 47.5 Å². The number of nitrogens with one attached hydrogen (secondary N) is 11. The first-order valence-electron chi connectivity index (χ1n) is 32.1. The number of thioether (sulfide) groups is 2. The Morgan fingerprint density at radius 2 is 1.24 bits per heavy atom. The molecular formula is C68H81F2N15O10S2. The first-order chi connectivity index (χ1) is 46.7. The first-order valence-corrected chi connectivity index (χ1v) is 34.4. The lowest BCUT2D eigenvalue weighted by molar-refractivity contribution is -0.139. The van der Waals surface area contributed by atoms with E-state index in [1.807, 2.05) is 6.92 Å². The molecule has 4 aromatic carbocycles. The zero-order chi connectivity index (χ0) is 69.0. The average molecular weight is 1370 g/mol. The summed E-state index contributed by atoms with van der Waals surface area (Å²) in [6.45, 7) is 3.29. The number of phenols is 1. The second-order valence-electron chi connectivity index (χ2n) is 24.3. The lowest BCUT2D eigenvalue weighted by Crippen LogP contribution is -2.62. The molecule has 7 aromatic rings. The number of carbonyl (C=O) groups is 9. The first kappa shape index (κ1) is 71.7. The Labute approximate surface area is 567 Å². The van der Waals surface area contributed by atoms with Gasteiger partial charge in [0, 0.05) is 109 Å². The number of aliphatic imine (C=N–C) groups is 1. The average Bonchev–Trinajstić information content (AvgIpc) is 1.70. The minimum Gasteiger partial charge on any atom is -0.508 e. The summed E-state index contributed by atoms with van der Waals surface area (Å²) in [5.74, 6) is -4.70. The van der Waals surface area contributed by atoms with Gasteiger partial charge in [-0.25, -0.2) is 18.8 Å². The fourth-order valence-electron chi connectivity index (χ4n) is 12.1. The topological polar surface area (TPSA) is 372 Å². The highest BCUT2D eigenvalue weighted by Gasteiger charge is 2.46. The lowest BCUT2D eigenvalue weighted by atomic mass is 9.95. The third-order valence-electron chi connectivity index (χ3n) is 17.0. The Bertz CT molecular complexity index is 3980. The molecule has 0 spiro atoms. The highest BCUT2D eigenvalue weighted by molar-refractivity contribution is 7.98. The molecule has 1 saturated heterocycles. The number of benzene rings is 4. The molecule has 514 valence electrons. The Morgan fingerprint density at radius 3 is 1.84 bits per heavy atom. The van der Waals surface area contributed by atoms with E-state index in [0.29, 0.717) is 112 Å². The van der Waals surface area contributed by atoms with E-state index in [1.165, 1.54) is 73.4 Å². The number of fused-ring (bicyclic) bond motifs is 5. The smallest absolute Gasteiger partial charge is 0.246 e. The lowest BCUT2D eigenvalue weighted by Gasteiger charge is -2.38. The van der Waals surface area contributed by atoms with Gasteiger partial charge in [-0.1, -0.05) is 35.9 Å². The molecule has 0 aliphatic carbocycles. The maximum Gasteiger partial charge on any atom is 0.246 e. The Hall–Kier alpha value is -9.61. The molecule has 0 saturated carbocycles. The highest BCUT2D eigenvalue weighted by Crippen LogP contribution is 2.32. The van der Waals surface area contributed by atoms with E-state index in [9.17, 15) is 52.2 Å². The fourth-order valence-corrected chi connectivity index (χ4v) is 13.8. The number of rotatable bonds is 13. The number of unbranched alkanes of at least 4 members (excludes halogenated alkanes) is 1. The van der Waals surface area contributed by atoms with Crippen molar-refractivity contribution < 1.29 is 57.0 Å². The van der Waals surface area contributed by atoms with Crippen LogP contribution in [0.1, 0.15) is 84.5 Å². The molecule has 2 aliphatic heterocycles. The summed E-state index contributed by atoms with van der Waals surface area (Å²) >= 11 is 3.20. The molecule has 14 N–H and O–H groups in total. The Morgan fingerprint density at radius 1 is 0.660 bits per heavy atom. The van der Waals surface area contributed by atoms with Crippen LogP contribution in [0, 0.1) is 18.6 Å². The van der Waals surface area contributed by atoms with Gasteiger partial charge in [-0.15, -0.1) is 0 Å². The van der Waals surface area contributed by atoms with Crippen LogP contribution in [0.5, 0.6) is 5.75 Å². The van der Waals surface area contributed by atoms with Crippen LogP contribution in [-0.2, 0) is 80.3 Å². The molecule has 0 radical (unpaired) electrons. The predicted molar refractivity (Wildman–Crippen MR) is 366 cm³/mol. The van der Waals surface area contributed by atoms with Gasteiger partial charge in [-0.05, 0) is 129 Å². The summed E-state index contributed by atoms with van der Waals surface area (Å²) in [6.07, 6.45) is 7.72. The quantitative estimate of drug-likeness (QED) is 0.0577. The summed E-state index contributed by atoms with van der Waals surface area (Å²) in [5, 5.41) is 33.2. The van der Waals surface area contributed by atoms with Crippen molar-refractivity contribution in [1.29, 1.82) is 0 Å². The molecule has 0 unspecified atom stereocenters. The summed E-state index contributed by atoms with van der Waals surface area (Å²) < 4.78 is 29.7. The molecule has 97 heavy (non-hydrogen) atoms. The van der Waals surface area contributed by atoms with Gasteiger partial charge in [0.1, 0.15) is 53.4 Å². The molecule has 6 atom stereocenters. The number of halogens is 2. The zero-order valence-corrected chi connectivity index (χ0v) is 55.5. The van der Waals surface area contributed by atoms with Gasteiger partial charge < -0.3 is 73.2 Å². The largest absolute Gasteiger partial charge is 0.508 e. The number of aromatic hydroxyl groups is 1. The normalized spacial score (nSPS) is 22.1. The molecule has 9 rings (SSSR count). The van der Waals surface area contributed by atoms with Crippen molar-refractivity contribution in [1.82, 2.24) is 67.4 Å². The van der Waals surface area contributed by atoms with Gasteiger partial charge >= 0.3 is 0 Å². The number of aromatic nitrogens is 4. The molecule has 9 amide bonds. The summed E-state index contributed by atoms with van der Waals surface area (Å²) in [7, 11) is 0. The number of carbonyl (C=O) groups excluding carboxylic acids is 9. The molecule has 5 heterocycles. The number of amides is 9. The van der Waals surface area contributed by atoms with E-state index in [0.717, 1.165) is 16.7 Å².